The summed E-state index contributed by atoms with van der Waals surface area (Å²) < 4.78 is 7.28. The van der Waals surface area contributed by atoms with Gasteiger partial charge in [-0.2, -0.15) is 0 Å². The van der Waals surface area contributed by atoms with Crippen LogP contribution in [-0.2, 0) is 6.54 Å². The Labute approximate surface area is 379 Å². The van der Waals surface area contributed by atoms with Gasteiger partial charge in [-0.1, -0.05) is 152 Å². The quantitative estimate of drug-likeness (QED) is 0.177. The van der Waals surface area contributed by atoms with Crippen molar-refractivity contribution in [3.05, 3.63) is 225 Å². The normalized spacial score (nSPS) is 14.0. The van der Waals surface area contributed by atoms with Crippen molar-refractivity contribution in [2.24, 2.45) is 0 Å². The molecule has 0 N–H and O–H groups in total. The molecule has 308 valence electrons. The second-order valence-electron chi connectivity index (χ2n) is 17.4. The molecule has 0 saturated heterocycles. The Morgan fingerprint density at radius 3 is 1.85 bits per heavy atom. The molecule has 0 atom stereocenters. The van der Waals surface area contributed by atoms with E-state index in [0.717, 1.165) is 73.6 Å². The summed E-state index contributed by atoms with van der Waals surface area (Å²) in [6, 6.07) is 67.7. The van der Waals surface area contributed by atoms with E-state index in [2.05, 4.69) is 214 Å². The standard InChI is InChI=1S/C61H39N5/c1-38-16-4-3-15-35-64-51-25-13-9-22-46(51)48-37-55-58(56(38)61(48)64)57-44-20-8-7-17-39(44)30-34-53(57)66(55)43-31-27-40(28-32-43)59-60(63-50-24-12-11-23-49(50)62-59)41-29-33-47-45-21-10-14-26-52(45)65(54(47)36-41)42-18-5-2-6-19-42/h2-34,36-37H,1,35H2/b15-3-,16-4-. The summed E-state index contributed by atoms with van der Waals surface area (Å²) >= 11 is 0. The van der Waals surface area contributed by atoms with Crippen molar-refractivity contribution >= 4 is 92.8 Å². The molecule has 5 nitrogen and oxygen atoms in total. The van der Waals surface area contributed by atoms with Crippen LogP contribution in [-0.4, -0.2) is 23.7 Å². The lowest BCUT2D eigenvalue weighted by molar-refractivity contribution is 0.899. The predicted octanol–water partition coefficient (Wildman–Crippen LogP) is 15.6. The number of benzene rings is 9. The van der Waals surface area contributed by atoms with Gasteiger partial charge in [0, 0.05) is 72.4 Å². The molecule has 0 amide bonds. The first kappa shape index (κ1) is 36.7. The molecule has 9 aromatic carbocycles. The van der Waals surface area contributed by atoms with E-state index in [1.165, 1.54) is 65.2 Å². The molecule has 0 unspecified atom stereocenters. The predicted molar refractivity (Wildman–Crippen MR) is 277 cm³/mol. The van der Waals surface area contributed by atoms with Gasteiger partial charge in [0.05, 0.1) is 50.0 Å². The maximum Gasteiger partial charge on any atom is 0.0973 e. The molecule has 4 aromatic heterocycles. The third-order valence-corrected chi connectivity index (χ3v) is 13.8. The van der Waals surface area contributed by atoms with Crippen LogP contribution in [0, 0.1) is 0 Å². The molecule has 5 heterocycles. The fraction of sp³-hybridized carbons (Fsp3) is 0.0164. The summed E-state index contributed by atoms with van der Waals surface area (Å²) in [6.45, 7) is 5.53. The minimum Gasteiger partial charge on any atom is -0.336 e. The van der Waals surface area contributed by atoms with Gasteiger partial charge in [-0.15, -0.1) is 0 Å². The summed E-state index contributed by atoms with van der Waals surface area (Å²) in [5, 5.41) is 9.76. The monoisotopic (exact) mass is 841 g/mol. The number of hydrogen-bond acceptors (Lipinski definition) is 2. The van der Waals surface area contributed by atoms with Gasteiger partial charge in [0.1, 0.15) is 0 Å². The molecule has 13 aromatic rings. The summed E-state index contributed by atoms with van der Waals surface area (Å²) in [5.74, 6) is 0. The lowest BCUT2D eigenvalue weighted by Gasteiger charge is -2.14. The highest BCUT2D eigenvalue weighted by molar-refractivity contribution is 6.29. The number of rotatable bonds is 4. The Balaban J connectivity index is 1.01. The first-order valence-corrected chi connectivity index (χ1v) is 22.6. The zero-order valence-electron chi connectivity index (χ0n) is 35.9. The molecule has 0 aliphatic carbocycles. The van der Waals surface area contributed by atoms with E-state index in [0.29, 0.717) is 0 Å². The third-order valence-electron chi connectivity index (χ3n) is 13.8. The van der Waals surface area contributed by atoms with E-state index >= 15 is 0 Å². The molecular weight excluding hydrogens is 803 g/mol. The number of fused-ring (bicyclic) bond motifs is 13. The van der Waals surface area contributed by atoms with Crippen LogP contribution in [0.4, 0.5) is 0 Å². The van der Waals surface area contributed by atoms with Gasteiger partial charge in [-0.25, -0.2) is 9.97 Å². The average Bonchev–Trinajstić information content (AvgIpc) is 4.02. The Bertz CT molecular complexity index is 4250. The molecule has 0 spiro atoms. The number of para-hydroxylation sites is 5. The Hall–Kier alpha value is -8.80. The van der Waals surface area contributed by atoms with Gasteiger partial charge < -0.3 is 13.7 Å². The zero-order chi connectivity index (χ0) is 43.5. The minimum absolute atomic E-state index is 0.769. The van der Waals surface area contributed by atoms with Crippen LogP contribution in [0.25, 0.3) is 127 Å². The third kappa shape index (κ3) is 5.28. The van der Waals surface area contributed by atoms with E-state index in [9.17, 15) is 0 Å². The fourth-order valence-corrected chi connectivity index (χ4v) is 10.9. The average molecular weight is 842 g/mol. The van der Waals surface area contributed by atoms with Crippen molar-refractivity contribution in [2.45, 2.75) is 6.54 Å². The highest BCUT2D eigenvalue weighted by Crippen LogP contribution is 2.47. The van der Waals surface area contributed by atoms with Crippen molar-refractivity contribution in [3.8, 4) is 33.9 Å². The van der Waals surface area contributed by atoms with Crippen molar-refractivity contribution in [2.75, 3.05) is 0 Å². The molecule has 0 radical (unpaired) electrons. The van der Waals surface area contributed by atoms with Crippen molar-refractivity contribution in [3.63, 3.8) is 0 Å². The summed E-state index contributed by atoms with van der Waals surface area (Å²) in [4.78, 5) is 10.8. The first-order valence-electron chi connectivity index (χ1n) is 22.6. The molecule has 14 rings (SSSR count). The van der Waals surface area contributed by atoms with E-state index in [1.807, 2.05) is 12.1 Å². The molecule has 5 heteroatoms. The first-order chi connectivity index (χ1) is 32.7. The SMILES string of the molecule is C=C1/C=C\C=C/Cn2c3ccccc3c3cc4c(c1c32)c1c2ccccc2ccc1n4-c1ccc(-c2nc3ccccc3nc2-c2ccc3c4ccccc4n(-c4ccccc4)c3c2)cc1. The van der Waals surface area contributed by atoms with E-state index in [1.54, 1.807) is 0 Å². The van der Waals surface area contributed by atoms with Gasteiger partial charge in [0.25, 0.3) is 0 Å². The molecule has 0 saturated carbocycles. The van der Waals surface area contributed by atoms with Gasteiger partial charge in [-0.05, 0) is 83.1 Å². The zero-order valence-corrected chi connectivity index (χ0v) is 35.9. The highest BCUT2D eigenvalue weighted by atomic mass is 15.0. The van der Waals surface area contributed by atoms with Crippen LogP contribution < -0.4 is 0 Å². The van der Waals surface area contributed by atoms with Crippen molar-refractivity contribution < 1.29 is 0 Å². The molecule has 0 bridgehead atoms. The van der Waals surface area contributed by atoms with Gasteiger partial charge in [-0.3, -0.25) is 0 Å². The van der Waals surface area contributed by atoms with E-state index in [-0.39, 0.29) is 0 Å². The lowest BCUT2D eigenvalue weighted by Crippen LogP contribution is -1.99. The smallest absolute Gasteiger partial charge is 0.0973 e. The van der Waals surface area contributed by atoms with Crippen LogP contribution in [0.15, 0.2) is 219 Å². The van der Waals surface area contributed by atoms with Crippen molar-refractivity contribution in [1.29, 1.82) is 0 Å². The summed E-state index contributed by atoms with van der Waals surface area (Å²) in [5.41, 5.74) is 16.8. The van der Waals surface area contributed by atoms with E-state index in [4.69, 9.17) is 16.5 Å². The number of allylic oxidation sites excluding steroid dienone is 5. The maximum atomic E-state index is 5.38. The van der Waals surface area contributed by atoms with Gasteiger partial charge >= 0.3 is 0 Å². The topological polar surface area (TPSA) is 40.6 Å². The molecule has 1 aliphatic heterocycles. The summed E-state index contributed by atoms with van der Waals surface area (Å²) in [6.07, 6.45) is 8.68. The largest absolute Gasteiger partial charge is 0.336 e. The van der Waals surface area contributed by atoms with Crippen LogP contribution in [0.5, 0.6) is 0 Å². The molecule has 1 aliphatic rings. The van der Waals surface area contributed by atoms with Crippen molar-refractivity contribution in [1.82, 2.24) is 23.7 Å². The van der Waals surface area contributed by atoms with Gasteiger partial charge in [0.2, 0.25) is 0 Å². The maximum absolute atomic E-state index is 5.38. The second kappa shape index (κ2) is 14.1. The number of nitrogens with zero attached hydrogens (tertiary/aromatic N) is 5. The Morgan fingerprint density at radius 1 is 0.424 bits per heavy atom. The number of hydrogen-bond donors (Lipinski definition) is 0. The highest BCUT2D eigenvalue weighted by Gasteiger charge is 2.25. The van der Waals surface area contributed by atoms with Crippen LogP contribution >= 0.6 is 0 Å². The van der Waals surface area contributed by atoms with Gasteiger partial charge in [0.15, 0.2) is 0 Å². The van der Waals surface area contributed by atoms with Crippen LogP contribution in [0.2, 0.25) is 0 Å². The molecule has 66 heavy (non-hydrogen) atoms. The molecular formula is C61H39N5. The van der Waals surface area contributed by atoms with Crippen LogP contribution in [0.3, 0.4) is 0 Å². The van der Waals surface area contributed by atoms with E-state index < -0.39 is 0 Å². The van der Waals surface area contributed by atoms with Crippen LogP contribution in [0.1, 0.15) is 5.56 Å². The number of aromatic nitrogens is 5. The lowest BCUT2D eigenvalue weighted by atomic mass is 9.94. The second-order valence-corrected chi connectivity index (χ2v) is 17.4. The summed E-state index contributed by atoms with van der Waals surface area (Å²) in [7, 11) is 0. The molecule has 0 fully saturated rings. The minimum atomic E-state index is 0.769. The Morgan fingerprint density at radius 2 is 1.05 bits per heavy atom. The Kier molecular flexibility index (Phi) is 7.83. The fourth-order valence-electron chi connectivity index (χ4n) is 10.9.